The Bertz CT molecular complexity index is 1280. The zero-order valence-corrected chi connectivity index (χ0v) is 21.5. The van der Waals surface area contributed by atoms with Gasteiger partial charge in [-0.25, -0.2) is 4.98 Å². The Morgan fingerprint density at radius 2 is 1.63 bits per heavy atom. The maximum atomic E-state index is 13.7. The molecule has 0 saturated carbocycles. The molecule has 0 unspecified atom stereocenters. The normalized spacial score (nSPS) is 11.0. The second-order valence-corrected chi connectivity index (χ2v) is 9.44. The molecule has 4 rings (SSSR count). The number of ether oxygens (including phenoxy) is 3. The molecule has 3 aromatic carbocycles. The van der Waals surface area contributed by atoms with Crippen molar-refractivity contribution in [1.82, 2.24) is 4.98 Å². The van der Waals surface area contributed by atoms with Crippen molar-refractivity contribution in [3.8, 4) is 17.2 Å². The Morgan fingerprint density at radius 3 is 2.26 bits per heavy atom. The summed E-state index contributed by atoms with van der Waals surface area (Å²) >= 11 is 1.51. The van der Waals surface area contributed by atoms with E-state index in [4.69, 9.17) is 19.2 Å². The number of aromatic nitrogens is 1. The first-order valence-corrected chi connectivity index (χ1v) is 12.3. The molecule has 1 heterocycles. The van der Waals surface area contributed by atoms with Crippen LogP contribution in [0.3, 0.4) is 0 Å². The van der Waals surface area contributed by atoms with Gasteiger partial charge < -0.3 is 14.2 Å². The van der Waals surface area contributed by atoms with E-state index in [0.717, 1.165) is 21.5 Å². The number of thiazole rings is 1. The van der Waals surface area contributed by atoms with E-state index >= 15 is 0 Å². The van der Waals surface area contributed by atoms with Crippen molar-refractivity contribution in [2.75, 3.05) is 26.2 Å². The quantitative estimate of drug-likeness (QED) is 0.260. The van der Waals surface area contributed by atoms with Crippen molar-refractivity contribution >= 4 is 38.3 Å². The molecule has 0 radical (unpaired) electrons. The molecule has 4 aromatic rings. The molecule has 0 aliphatic carbocycles. The van der Waals surface area contributed by atoms with Crippen LogP contribution in [0.2, 0.25) is 0 Å². The van der Waals surface area contributed by atoms with Crippen molar-refractivity contribution < 1.29 is 19.0 Å². The summed E-state index contributed by atoms with van der Waals surface area (Å²) in [5.41, 5.74) is 3.78. The van der Waals surface area contributed by atoms with Gasteiger partial charge in [0.2, 0.25) is 11.7 Å². The largest absolute Gasteiger partial charge is 0.493 e. The Labute approximate surface area is 210 Å². The number of aryl methyl sites for hydroxylation is 1. The van der Waals surface area contributed by atoms with Crippen LogP contribution in [0.5, 0.6) is 17.2 Å². The number of anilines is 2. The van der Waals surface area contributed by atoms with E-state index in [1.165, 1.54) is 16.9 Å². The molecule has 182 valence electrons. The summed E-state index contributed by atoms with van der Waals surface area (Å²) in [6.07, 6.45) is 0.752. The first kappa shape index (κ1) is 24.5. The Hall–Kier alpha value is -3.58. The fourth-order valence-corrected chi connectivity index (χ4v) is 5.04. The van der Waals surface area contributed by atoms with Crippen LogP contribution in [-0.2, 0) is 11.2 Å². The minimum atomic E-state index is -0.0433. The summed E-state index contributed by atoms with van der Waals surface area (Å²) in [4.78, 5) is 20.2. The van der Waals surface area contributed by atoms with Crippen LogP contribution < -0.4 is 19.1 Å². The van der Waals surface area contributed by atoms with Gasteiger partial charge in [0, 0.05) is 6.42 Å². The van der Waals surface area contributed by atoms with Crippen molar-refractivity contribution in [1.29, 1.82) is 0 Å². The number of methoxy groups -OCH3 is 3. The maximum Gasteiger partial charge on any atom is 0.233 e. The number of para-hydroxylation sites is 1. The van der Waals surface area contributed by atoms with Crippen LogP contribution in [0.25, 0.3) is 10.2 Å². The first-order valence-electron chi connectivity index (χ1n) is 11.5. The Balaban J connectivity index is 1.67. The first-order chi connectivity index (χ1) is 17.0. The summed E-state index contributed by atoms with van der Waals surface area (Å²) in [6.45, 7) is 4.31. The lowest BCUT2D eigenvalue weighted by atomic mass is 10.0. The standard InChI is InChI=1S/C28H30N2O4S/c1-18(2)19-10-14-21(15-11-19)30(28-29-22-8-6-7-9-24(22)35-28)25(31)17-13-20-12-16-23(32-3)27(34-5)26(20)33-4/h6-12,14-16,18H,13,17H2,1-5H3. The maximum absolute atomic E-state index is 13.7. The van der Waals surface area contributed by atoms with Crippen LogP contribution >= 0.6 is 11.3 Å². The van der Waals surface area contributed by atoms with Crippen LogP contribution in [0.1, 0.15) is 37.3 Å². The van der Waals surface area contributed by atoms with Gasteiger partial charge in [0.25, 0.3) is 0 Å². The third kappa shape index (κ3) is 5.10. The van der Waals surface area contributed by atoms with Gasteiger partial charge in [-0.1, -0.05) is 55.5 Å². The van der Waals surface area contributed by atoms with Crippen LogP contribution in [-0.4, -0.2) is 32.2 Å². The van der Waals surface area contributed by atoms with Crippen LogP contribution in [0.15, 0.2) is 60.7 Å². The molecule has 0 bridgehead atoms. The number of hydrogen-bond donors (Lipinski definition) is 0. The average molecular weight is 491 g/mol. The highest BCUT2D eigenvalue weighted by Gasteiger charge is 2.23. The summed E-state index contributed by atoms with van der Waals surface area (Å²) in [5.74, 6) is 2.05. The van der Waals surface area contributed by atoms with Crippen molar-refractivity contribution in [3.63, 3.8) is 0 Å². The summed E-state index contributed by atoms with van der Waals surface area (Å²) in [6, 6.07) is 19.8. The van der Waals surface area contributed by atoms with E-state index < -0.39 is 0 Å². The zero-order valence-electron chi connectivity index (χ0n) is 20.7. The zero-order chi connectivity index (χ0) is 24.9. The number of nitrogens with zero attached hydrogens (tertiary/aromatic N) is 2. The highest BCUT2D eigenvalue weighted by Crippen LogP contribution is 2.41. The third-order valence-corrected chi connectivity index (χ3v) is 6.96. The van der Waals surface area contributed by atoms with E-state index in [1.807, 2.05) is 48.5 Å². The number of benzene rings is 3. The van der Waals surface area contributed by atoms with Crippen LogP contribution in [0.4, 0.5) is 10.8 Å². The van der Waals surface area contributed by atoms with Gasteiger partial charge in [-0.2, -0.15) is 0 Å². The Kier molecular flexibility index (Phi) is 7.56. The van der Waals surface area contributed by atoms with E-state index in [2.05, 4.69) is 26.0 Å². The lowest BCUT2D eigenvalue weighted by molar-refractivity contribution is -0.117. The molecule has 1 amide bonds. The van der Waals surface area contributed by atoms with E-state index in [0.29, 0.717) is 34.7 Å². The van der Waals surface area contributed by atoms with Gasteiger partial charge in [0.15, 0.2) is 16.6 Å². The Morgan fingerprint density at radius 1 is 0.914 bits per heavy atom. The van der Waals surface area contributed by atoms with Crippen LogP contribution in [0, 0.1) is 0 Å². The molecule has 0 spiro atoms. The third-order valence-electron chi connectivity index (χ3n) is 5.94. The van der Waals surface area contributed by atoms with Gasteiger partial charge in [-0.05, 0) is 53.8 Å². The number of amides is 1. The number of rotatable bonds is 9. The molecule has 6 nitrogen and oxygen atoms in total. The smallest absolute Gasteiger partial charge is 0.233 e. The van der Waals surface area contributed by atoms with Gasteiger partial charge in [-0.3, -0.25) is 9.69 Å². The summed E-state index contributed by atoms with van der Waals surface area (Å²) in [5, 5.41) is 0.660. The second-order valence-electron chi connectivity index (χ2n) is 8.43. The summed E-state index contributed by atoms with van der Waals surface area (Å²) < 4.78 is 17.5. The van der Waals surface area contributed by atoms with Crippen molar-refractivity contribution in [2.24, 2.45) is 0 Å². The van der Waals surface area contributed by atoms with Gasteiger partial charge in [-0.15, -0.1) is 0 Å². The summed E-state index contributed by atoms with van der Waals surface area (Å²) in [7, 11) is 4.75. The van der Waals surface area contributed by atoms with Gasteiger partial charge in [0.05, 0.1) is 37.2 Å². The fraction of sp³-hybridized carbons (Fsp3) is 0.286. The molecule has 0 atom stereocenters. The monoisotopic (exact) mass is 490 g/mol. The fourth-order valence-electron chi connectivity index (χ4n) is 4.04. The van der Waals surface area contributed by atoms with E-state index in [1.54, 1.807) is 26.2 Å². The molecule has 35 heavy (non-hydrogen) atoms. The van der Waals surface area contributed by atoms with Gasteiger partial charge in [0.1, 0.15) is 0 Å². The minimum Gasteiger partial charge on any atom is -0.493 e. The molecule has 0 aliphatic rings. The lowest BCUT2D eigenvalue weighted by Gasteiger charge is -2.21. The number of carbonyl (C=O) groups is 1. The number of fused-ring (bicyclic) bond motifs is 1. The predicted octanol–water partition coefficient (Wildman–Crippen LogP) is 6.74. The highest BCUT2D eigenvalue weighted by molar-refractivity contribution is 7.22. The molecule has 0 aliphatic heterocycles. The molecule has 7 heteroatoms. The van der Waals surface area contributed by atoms with Gasteiger partial charge >= 0.3 is 0 Å². The minimum absolute atomic E-state index is 0.0433. The number of carbonyl (C=O) groups excluding carboxylic acids is 1. The number of hydrogen-bond acceptors (Lipinski definition) is 6. The molecule has 0 N–H and O–H groups in total. The van der Waals surface area contributed by atoms with Crippen molar-refractivity contribution in [3.05, 3.63) is 71.8 Å². The van der Waals surface area contributed by atoms with Crippen molar-refractivity contribution in [2.45, 2.75) is 32.6 Å². The molecule has 1 aromatic heterocycles. The highest BCUT2D eigenvalue weighted by atomic mass is 32.1. The topological polar surface area (TPSA) is 60.9 Å². The molecule has 0 saturated heterocycles. The molecular formula is C28H30N2O4S. The lowest BCUT2D eigenvalue weighted by Crippen LogP contribution is -2.26. The van der Waals surface area contributed by atoms with E-state index in [-0.39, 0.29) is 12.3 Å². The molecule has 0 fully saturated rings. The average Bonchev–Trinajstić information content (AvgIpc) is 3.30. The molecular weight excluding hydrogens is 460 g/mol. The predicted molar refractivity (Wildman–Crippen MR) is 142 cm³/mol. The van der Waals surface area contributed by atoms with E-state index in [9.17, 15) is 4.79 Å². The second kappa shape index (κ2) is 10.8. The SMILES string of the molecule is COc1ccc(CCC(=O)N(c2ccc(C(C)C)cc2)c2nc3ccccc3s2)c(OC)c1OC.